The number of non-ortho nitro benzene ring substituents is 1. The summed E-state index contributed by atoms with van der Waals surface area (Å²) < 4.78 is 29.8. The van der Waals surface area contributed by atoms with E-state index in [1.54, 1.807) is 25.1 Å². The van der Waals surface area contributed by atoms with Crippen molar-refractivity contribution in [3.05, 3.63) is 97.2 Å². The molecule has 0 saturated carbocycles. The van der Waals surface area contributed by atoms with Gasteiger partial charge in [-0.05, 0) is 68.5 Å². The molecule has 3 aromatic carbocycles. The van der Waals surface area contributed by atoms with Gasteiger partial charge in [-0.3, -0.25) is 30.1 Å². The molecular formula is C27H26ClN5O7S. The quantitative estimate of drug-likeness (QED) is 0.168. The van der Waals surface area contributed by atoms with Crippen molar-refractivity contribution >= 4 is 55.3 Å². The first-order chi connectivity index (χ1) is 19.4. The molecule has 0 spiro atoms. The number of halogens is 1. The fourth-order valence-corrected chi connectivity index (χ4v) is 6.28. The summed E-state index contributed by atoms with van der Waals surface area (Å²) in [7, 11) is -4.80. The molecule has 0 bridgehead atoms. The van der Waals surface area contributed by atoms with E-state index in [0.29, 0.717) is 52.9 Å². The molecule has 0 aliphatic heterocycles. The summed E-state index contributed by atoms with van der Waals surface area (Å²) >= 11 is 6.18. The van der Waals surface area contributed by atoms with Crippen molar-refractivity contribution < 1.29 is 23.4 Å². The molecule has 0 saturated heterocycles. The standard InChI is InChI=1S/C27H26ClN5O7S/c1-4-30(5-2)16-18-13-20(7-10-26(18)34)31(24-12-17(3)29-23-14-19(28)6-9-22(23)24)41(39,40)27-11-8-21(32(35)36)15-25(27)33(37)38/h6-15,34H,4-5,16H2,1-3H3. The van der Waals surface area contributed by atoms with Crippen LogP contribution in [0.1, 0.15) is 25.1 Å². The minimum Gasteiger partial charge on any atom is -0.508 e. The fraction of sp³-hybridized carbons (Fsp3) is 0.222. The number of nitro groups is 2. The van der Waals surface area contributed by atoms with Crippen molar-refractivity contribution in [2.45, 2.75) is 32.2 Å². The van der Waals surface area contributed by atoms with Crippen LogP contribution in [0.3, 0.4) is 0 Å². The van der Waals surface area contributed by atoms with E-state index in [4.69, 9.17) is 11.6 Å². The molecule has 12 nitrogen and oxygen atoms in total. The number of benzene rings is 3. The van der Waals surface area contributed by atoms with Crippen molar-refractivity contribution in [1.29, 1.82) is 0 Å². The van der Waals surface area contributed by atoms with Crippen LogP contribution in [-0.2, 0) is 16.6 Å². The first-order valence-electron chi connectivity index (χ1n) is 12.5. The molecule has 214 valence electrons. The van der Waals surface area contributed by atoms with Crippen LogP contribution in [-0.4, -0.2) is 46.3 Å². The molecule has 14 heteroatoms. The Morgan fingerprint density at radius 2 is 1.66 bits per heavy atom. The third-order valence-corrected chi connectivity index (χ3v) is 8.58. The summed E-state index contributed by atoms with van der Waals surface area (Å²) in [6.45, 7) is 7.21. The first kappa shape index (κ1) is 29.6. The Balaban J connectivity index is 2.07. The zero-order valence-corrected chi connectivity index (χ0v) is 23.9. The molecule has 4 aromatic rings. The Hall–Kier alpha value is -4.33. The lowest BCUT2D eigenvalue weighted by molar-refractivity contribution is -0.396. The van der Waals surface area contributed by atoms with Gasteiger partial charge in [0.2, 0.25) is 0 Å². The van der Waals surface area contributed by atoms with Gasteiger partial charge in [-0.15, -0.1) is 0 Å². The second kappa shape index (κ2) is 11.6. The lowest BCUT2D eigenvalue weighted by Gasteiger charge is -2.27. The number of phenolic OH excluding ortho intramolecular Hbond substituents is 1. The number of aromatic hydroxyl groups is 1. The topological polar surface area (TPSA) is 160 Å². The average molecular weight is 600 g/mol. The van der Waals surface area contributed by atoms with Gasteiger partial charge in [-0.25, -0.2) is 12.7 Å². The van der Waals surface area contributed by atoms with Gasteiger partial charge in [0.25, 0.3) is 21.4 Å². The van der Waals surface area contributed by atoms with Gasteiger partial charge in [0.1, 0.15) is 5.75 Å². The SMILES string of the molecule is CCN(CC)Cc1cc(N(c2cc(C)nc3cc(Cl)ccc23)S(=O)(=O)c2ccc([N+](=O)[O-])cc2[N+](=O)[O-])ccc1O. The number of hydrogen-bond donors (Lipinski definition) is 1. The predicted molar refractivity (Wildman–Crippen MR) is 155 cm³/mol. The number of fused-ring (bicyclic) bond motifs is 1. The van der Waals surface area contributed by atoms with Crippen LogP contribution < -0.4 is 4.31 Å². The molecule has 0 aliphatic rings. The van der Waals surface area contributed by atoms with E-state index < -0.39 is 36.1 Å². The average Bonchev–Trinajstić information content (AvgIpc) is 2.92. The summed E-state index contributed by atoms with van der Waals surface area (Å²) in [5.41, 5.74) is -0.125. The Bertz CT molecular complexity index is 1770. The molecule has 1 aromatic heterocycles. The van der Waals surface area contributed by atoms with Crippen molar-refractivity contribution in [2.75, 3.05) is 17.4 Å². The highest BCUT2D eigenvalue weighted by Gasteiger charge is 2.36. The maximum absolute atomic E-state index is 14.4. The molecule has 0 unspecified atom stereocenters. The van der Waals surface area contributed by atoms with Crippen molar-refractivity contribution in [1.82, 2.24) is 9.88 Å². The second-order valence-electron chi connectivity index (χ2n) is 9.15. The molecule has 41 heavy (non-hydrogen) atoms. The maximum atomic E-state index is 14.4. The Kier molecular flexibility index (Phi) is 8.42. The molecular weight excluding hydrogens is 574 g/mol. The third kappa shape index (κ3) is 5.92. The first-order valence-corrected chi connectivity index (χ1v) is 14.3. The van der Waals surface area contributed by atoms with Gasteiger partial charge in [0, 0.05) is 34.3 Å². The molecule has 0 aliphatic carbocycles. The van der Waals surface area contributed by atoms with Crippen LogP contribution in [0.25, 0.3) is 10.9 Å². The summed E-state index contributed by atoms with van der Waals surface area (Å²) in [4.78, 5) is 27.2. The Morgan fingerprint density at radius 1 is 0.951 bits per heavy atom. The monoisotopic (exact) mass is 599 g/mol. The number of nitro benzene ring substituents is 2. The maximum Gasteiger partial charge on any atom is 0.296 e. The number of phenols is 1. The van der Waals surface area contributed by atoms with E-state index >= 15 is 0 Å². The number of aryl methyl sites for hydroxylation is 1. The number of pyridine rings is 1. The van der Waals surface area contributed by atoms with Crippen molar-refractivity contribution in [3.63, 3.8) is 0 Å². The molecule has 0 fully saturated rings. The summed E-state index contributed by atoms with van der Waals surface area (Å²) in [5, 5.41) is 34.6. The van der Waals surface area contributed by atoms with Crippen LogP contribution in [0.15, 0.2) is 65.6 Å². The molecule has 1 N–H and O–H groups in total. The summed E-state index contributed by atoms with van der Waals surface area (Å²) in [6.07, 6.45) is 0. The lowest BCUT2D eigenvalue weighted by Crippen LogP contribution is -2.28. The van der Waals surface area contributed by atoms with Crippen LogP contribution in [0.2, 0.25) is 5.02 Å². The zero-order chi connectivity index (χ0) is 30.1. The predicted octanol–water partition coefficient (Wildman–Crippen LogP) is 6.09. The van der Waals surface area contributed by atoms with E-state index in [0.717, 1.165) is 16.4 Å². The van der Waals surface area contributed by atoms with Crippen molar-refractivity contribution in [3.8, 4) is 5.75 Å². The Morgan fingerprint density at radius 3 is 2.29 bits per heavy atom. The molecule has 0 amide bonds. The van der Waals surface area contributed by atoms with E-state index in [2.05, 4.69) is 4.98 Å². The number of rotatable bonds is 10. The van der Waals surface area contributed by atoms with E-state index in [9.17, 15) is 33.8 Å². The minimum absolute atomic E-state index is 0.0538. The molecule has 4 rings (SSSR count). The van der Waals surface area contributed by atoms with Gasteiger partial charge in [0.05, 0.1) is 32.8 Å². The molecule has 0 radical (unpaired) electrons. The highest BCUT2D eigenvalue weighted by molar-refractivity contribution is 7.93. The van der Waals surface area contributed by atoms with Gasteiger partial charge >= 0.3 is 0 Å². The van der Waals surface area contributed by atoms with Gasteiger partial charge in [-0.2, -0.15) is 0 Å². The Labute approximate surface area is 240 Å². The van der Waals surface area contributed by atoms with Gasteiger partial charge in [-0.1, -0.05) is 25.4 Å². The van der Waals surface area contributed by atoms with E-state index in [1.165, 1.54) is 24.3 Å². The lowest BCUT2D eigenvalue weighted by atomic mass is 10.1. The molecule has 0 atom stereocenters. The van der Waals surface area contributed by atoms with Crippen LogP contribution in [0.5, 0.6) is 5.75 Å². The van der Waals surface area contributed by atoms with Crippen molar-refractivity contribution in [2.24, 2.45) is 0 Å². The van der Waals surface area contributed by atoms with E-state index in [-0.39, 0.29) is 17.1 Å². The zero-order valence-electron chi connectivity index (χ0n) is 22.3. The number of anilines is 2. The normalized spacial score (nSPS) is 11.6. The number of hydrogen-bond acceptors (Lipinski definition) is 9. The summed E-state index contributed by atoms with van der Waals surface area (Å²) in [6, 6.07) is 12.8. The van der Waals surface area contributed by atoms with Crippen LogP contribution >= 0.6 is 11.6 Å². The largest absolute Gasteiger partial charge is 0.508 e. The smallest absolute Gasteiger partial charge is 0.296 e. The second-order valence-corrected chi connectivity index (χ2v) is 11.3. The highest BCUT2D eigenvalue weighted by atomic mass is 35.5. The minimum atomic E-state index is -4.80. The van der Waals surface area contributed by atoms with Gasteiger partial charge < -0.3 is 5.11 Å². The number of nitrogens with zero attached hydrogens (tertiary/aromatic N) is 5. The number of sulfonamides is 1. The van der Waals surface area contributed by atoms with Crippen LogP contribution in [0, 0.1) is 27.2 Å². The summed E-state index contributed by atoms with van der Waals surface area (Å²) in [5.74, 6) is -0.0538. The highest BCUT2D eigenvalue weighted by Crippen LogP contribution is 2.41. The number of aromatic nitrogens is 1. The molecule has 1 heterocycles. The van der Waals surface area contributed by atoms with Gasteiger partial charge in [0.15, 0.2) is 4.90 Å². The van der Waals surface area contributed by atoms with Crippen LogP contribution in [0.4, 0.5) is 22.7 Å². The fourth-order valence-electron chi connectivity index (χ4n) is 4.48. The van der Waals surface area contributed by atoms with E-state index in [1.807, 2.05) is 18.7 Å². The third-order valence-electron chi connectivity index (χ3n) is 6.55.